The molecule has 7 nitrogen and oxygen atoms in total. The minimum atomic E-state index is -4.74. The van der Waals surface area contributed by atoms with Crippen LogP contribution >= 0.6 is 12.1 Å². The average Bonchev–Trinajstić information content (AvgIpc) is 3.39. The summed E-state index contributed by atoms with van der Waals surface area (Å²) in [6.07, 6.45) is 1.42. The number of alkyl halides is 3. The minimum Gasteiger partial charge on any atom is -0.406 e. The Morgan fingerprint density at radius 1 is 1.12 bits per heavy atom. The number of anilines is 1. The third-order valence-corrected chi connectivity index (χ3v) is 7.13. The number of nitrogens with zero attached hydrogens (tertiary/aromatic N) is 3. The van der Waals surface area contributed by atoms with Crippen molar-refractivity contribution < 1.29 is 22.7 Å². The van der Waals surface area contributed by atoms with E-state index in [0.29, 0.717) is 17.1 Å². The van der Waals surface area contributed by atoms with E-state index in [1.807, 2.05) is 59.1 Å². The summed E-state index contributed by atoms with van der Waals surface area (Å²) in [5.74, 6) is 0.0452. The van der Waals surface area contributed by atoms with Gasteiger partial charge in [0.1, 0.15) is 11.4 Å². The number of halogens is 3. The first kappa shape index (κ1) is 28.0. The Morgan fingerprint density at radius 3 is 2.66 bits per heavy atom. The third kappa shape index (κ3) is 6.63. The van der Waals surface area contributed by atoms with E-state index in [9.17, 15) is 18.0 Å². The van der Waals surface area contributed by atoms with Gasteiger partial charge < -0.3 is 10.1 Å². The number of imidazole rings is 1. The summed E-state index contributed by atoms with van der Waals surface area (Å²) in [5, 5.41) is 4.72. The predicted molar refractivity (Wildman–Crippen MR) is 157 cm³/mol. The van der Waals surface area contributed by atoms with E-state index >= 15 is 0 Å². The van der Waals surface area contributed by atoms with E-state index in [-0.39, 0.29) is 11.8 Å². The highest BCUT2D eigenvalue weighted by Gasteiger charge is 2.31. The summed E-state index contributed by atoms with van der Waals surface area (Å²) in [6.45, 7) is 4.23. The number of carbonyl (C=O) groups is 1. The van der Waals surface area contributed by atoms with Crippen LogP contribution in [0.25, 0.3) is 27.7 Å². The first-order valence-electron chi connectivity index (χ1n) is 12.8. The number of hydrogen-bond donors (Lipinski definition) is 2. The topological polar surface area (TPSA) is 80.0 Å². The van der Waals surface area contributed by atoms with Gasteiger partial charge in [-0.2, -0.15) is 0 Å². The van der Waals surface area contributed by atoms with Gasteiger partial charge >= 0.3 is 12.4 Å². The molecule has 5 aromatic rings. The zero-order chi connectivity index (χ0) is 29.0. The molecule has 11 heteroatoms. The number of pyridine rings is 1. The number of para-hydroxylation sites is 1. The van der Waals surface area contributed by atoms with Crippen molar-refractivity contribution in [2.45, 2.75) is 32.5 Å². The lowest BCUT2D eigenvalue weighted by atomic mass is 9.97. The molecule has 3 aromatic carbocycles. The molecule has 2 N–H and O–H groups in total. The molecule has 0 saturated heterocycles. The number of urea groups is 1. The van der Waals surface area contributed by atoms with E-state index in [1.165, 1.54) is 12.1 Å². The third-order valence-electron chi connectivity index (χ3n) is 6.65. The van der Waals surface area contributed by atoms with Gasteiger partial charge in [-0.05, 0) is 77.4 Å². The van der Waals surface area contributed by atoms with Gasteiger partial charge in [0.15, 0.2) is 0 Å². The molecule has 5 rings (SSSR count). The number of nitrogens with one attached hydrogen (secondary N) is 2. The first-order valence-corrected chi connectivity index (χ1v) is 13.6. The lowest BCUT2D eigenvalue weighted by Crippen LogP contribution is -2.23. The smallest absolute Gasteiger partial charge is 0.406 e. The van der Waals surface area contributed by atoms with Crippen molar-refractivity contribution >= 4 is 46.5 Å². The normalized spacial score (nSPS) is 12.6. The van der Waals surface area contributed by atoms with Crippen LogP contribution < -0.4 is 14.8 Å². The molecule has 2 aromatic heterocycles. The number of aromatic nitrogens is 2. The van der Waals surface area contributed by atoms with Crippen molar-refractivity contribution in [2.75, 3.05) is 5.32 Å². The molecule has 0 aliphatic heterocycles. The van der Waals surface area contributed by atoms with Gasteiger partial charge in [-0.3, -0.25) is 9.12 Å². The number of benzene rings is 3. The van der Waals surface area contributed by atoms with E-state index in [0.717, 1.165) is 51.8 Å². The lowest BCUT2D eigenvalue weighted by Gasteiger charge is -2.15. The van der Waals surface area contributed by atoms with Crippen LogP contribution in [0.3, 0.4) is 0 Å². The molecular weight excluding hydrogens is 551 g/mol. The average molecular weight is 578 g/mol. The number of ether oxygens (including phenoxy) is 1. The number of carbonyl (C=O) groups excluding carboxylic acids is 1. The van der Waals surface area contributed by atoms with Gasteiger partial charge in [0, 0.05) is 29.0 Å². The molecule has 0 bridgehead atoms. The van der Waals surface area contributed by atoms with Crippen molar-refractivity contribution in [3.8, 4) is 17.0 Å². The number of amides is 2. The fourth-order valence-electron chi connectivity index (χ4n) is 4.47. The highest BCUT2D eigenvalue weighted by Crippen LogP contribution is 2.30. The van der Waals surface area contributed by atoms with Crippen LogP contribution in [-0.4, -0.2) is 28.0 Å². The fraction of sp³-hybridized carbons (Fsp3) is 0.167. The molecule has 0 saturated carbocycles. The molecule has 0 aliphatic carbocycles. The van der Waals surface area contributed by atoms with Crippen molar-refractivity contribution in [2.24, 2.45) is 4.40 Å². The van der Waals surface area contributed by atoms with E-state index in [4.69, 9.17) is 0 Å². The Labute approximate surface area is 238 Å². The molecule has 1 unspecified atom stereocenters. The van der Waals surface area contributed by atoms with Crippen LogP contribution in [0, 0.1) is 0 Å². The standard InChI is InChI=1S/C30H26F3N5O2S/c1-3-19(2)24-6-4-5-7-26(24)36-29(39)37-41-35-17-20-8-13-25-22(16-20)14-15-38-27(18-34-28(25)38)21-9-11-23(12-10-21)40-30(31,32)33/h4-19H,3H2,1-2H3,(H2,36,37,39)/b35-17+. The van der Waals surface area contributed by atoms with E-state index in [2.05, 4.69) is 38.0 Å². The van der Waals surface area contributed by atoms with Crippen LogP contribution in [-0.2, 0) is 0 Å². The highest BCUT2D eigenvalue weighted by molar-refractivity contribution is 7.96. The van der Waals surface area contributed by atoms with Gasteiger partial charge in [0.2, 0.25) is 0 Å². The van der Waals surface area contributed by atoms with Gasteiger partial charge in [-0.15, -0.1) is 13.2 Å². The van der Waals surface area contributed by atoms with E-state index < -0.39 is 6.36 Å². The molecular formula is C30H26F3N5O2S. The second-order valence-electron chi connectivity index (χ2n) is 9.35. The Kier molecular flexibility index (Phi) is 8.16. The SMILES string of the molecule is CCC(C)c1ccccc1NC(=O)NS/N=C/c1ccc2c(ccn3c(-c4ccc(OC(F)(F)F)cc4)cnc23)c1. The van der Waals surface area contributed by atoms with Crippen LogP contribution in [0.1, 0.15) is 37.3 Å². The van der Waals surface area contributed by atoms with Crippen LogP contribution in [0.2, 0.25) is 0 Å². The van der Waals surface area contributed by atoms with Crippen LogP contribution in [0.4, 0.5) is 23.7 Å². The molecule has 2 heterocycles. The summed E-state index contributed by atoms with van der Waals surface area (Å²) >= 11 is 0.928. The maximum Gasteiger partial charge on any atom is 0.573 e. The fourth-order valence-corrected chi connectivity index (χ4v) is 4.83. The second kappa shape index (κ2) is 11.9. The van der Waals surface area contributed by atoms with Crippen molar-refractivity contribution in [3.63, 3.8) is 0 Å². The van der Waals surface area contributed by atoms with Crippen molar-refractivity contribution in [1.82, 2.24) is 14.1 Å². The maximum absolute atomic E-state index is 12.5. The number of rotatable bonds is 8. The summed E-state index contributed by atoms with van der Waals surface area (Å²) in [4.78, 5) is 16.9. The zero-order valence-electron chi connectivity index (χ0n) is 22.1. The Hall–Kier alpha value is -4.51. The monoisotopic (exact) mass is 577 g/mol. The molecule has 0 radical (unpaired) electrons. The zero-order valence-corrected chi connectivity index (χ0v) is 23.0. The van der Waals surface area contributed by atoms with Gasteiger partial charge in [0.05, 0.1) is 24.0 Å². The van der Waals surface area contributed by atoms with Crippen molar-refractivity contribution in [3.05, 3.63) is 96.3 Å². The van der Waals surface area contributed by atoms with Crippen LogP contribution in [0.5, 0.6) is 5.75 Å². The van der Waals surface area contributed by atoms with Gasteiger partial charge in [-0.25, -0.2) is 14.2 Å². The molecule has 0 fully saturated rings. The lowest BCUT2D eigenvalue weighted by molar-refractivity contribution is -0.274. The quantitative estimate of drug-likeness (QED) is 0.143. The summed E-state index contributed by atoms with van der Waals surface area (Å²) in [7, 11) is 0. The first-order chi connectivity index (χ1) is 19.7. The van der Waals surface area contributed by atoms with Gasteiger partial charge in [0.25, 0.3) is 0 Å². The van der Waals surface area contributed by atoms with Crippen LogP contribution in [0.15, 0.2) is 89.6 Å². The Morgan fingerprint density at radius 2 is 1.90 bits per heavy atom. The largest absolute Gasteiger partial charge is 0.573 e. The molecule has 210 valence electrons. The van der Waals surface area contributed by atoms with Crippen molar-refractivity contribution in [1.29, 1.82) is 0 Å². The minimum absolute atomic E-state index is 0.282. The Bertz CT molecular complexity index is 1720. The highest BCUT2D eigenvalue weighted by atomic mass is 32.2. The summed E-state index contributed by atoms with van der Waals surface area (Å²) < 4.78 is 50.2. The molecule has 1 atom stereocenters. The number of fused-ring (bicyclic) bond motifs is 3. The molecule has 2 amide bonds. The molecule has 0 spiro atoms. The summed E-state index contributed by atoms with van der Waals surface area (Å²) in [5.41, 5.74) is 4.85. The molecule has 41 heavy (non-hydrogen) atoms. The predicted octanol–water partition coefficient (Wildman–Crippen LogP) is 8.37. The number of hydrogen-bond acceptors (Lipinski definition) is 5. The maximum atomic E-state index is 12.5. The Balaban J connectivity index is 1.25. The second-order valence-corrected chi connectivity index (χ2v) is 9.95. The molecule has 0 aliphatic rings. The van der Waals surface area contributed by atoms with E-state index in [1.54, 1.807) is 24.5 Å². The van der Waals surface area contributed by atoms with Gasteiger partial charge in [-0.1, -0.05) is 38.1 Å². The summed E-state index contributed by atoms with van der Waals surface area (Å²) in [6, 6.07) is 20.8.